The summed E-state index contributed by atoms with van der Waals surface area (Å²) in [6.45, 7) is 6.47. The van der Waals surface area contributed by atoms with Crippen molar-refractivity contribution in [2.24, 2.45) is 0 Å². The van der Waals surface area contributed by atoms with Gasteiger partial charge < -0.3 is 24.0 Å². The summed E-state index contributed by atoms with van der Waals surface area (Å²) in [5.41, 5.74) is 2.78. The third-order valence-corrected chi connectivity index (χ3v) is 8.89. The number of fused-ring (bicyclic) bond motifs is 2. The fourth-order valence-electron chi connectivity index (χ4n) is 6.21. The quantitative estimate of drug-likeness (QED) is 0.374. The lowest BCUT2D eigenvalue weighted by Gasteiger charge is -2.37. The van der Waals surface area contributed by atoms with Gasteiger partial charge in [-0.1, -0.05) is 48.5 Å². The fraction of sp³-hybridized carbons (Fsp3) is 0.452. The summed E-state index contributed by atoms with van der Waals surface area (Å²) in [6.07, 6.45) is 1.33. The Balaban J connectivity index is 1.29. The lowest BCUT2D eigenvalue weighted by Crippen LogP contribution is -2.49. The van der Waals surface area contributed by atoms with Gasteiger partial charge in [0.1, 0.15) is 12.4 Å². The van der Waals surface area contributed by atoms with Crippen LogP contribution in [0.25, 0.3) is 10.8 Å². The first-order valence-corrected chi connectivity index (χ1v) is 14.6. The van der Waals surface area contributed by atoms with Crippen LogP contribution in [0.5, 0.6) is 6.01 Å². The normalized spacial score (nSPS) is 22.8. The van der Waals surface area contributed by atoms with Gasteiger partial charge in [0.15, 0.2) is 5.83 Å². The van der Waals surface area contributed by atoms with Gasteiger partial charge in [0.05, 0.1) is 24.5 Å². The van der Waals surface area contributed by atoms with Gasteiger partial charge >= 0.3 is 6.01 Å². The predicted molar refractivity (Wildman–Crippen MR) is 159 cm³/mol. The molecule has 1 aromatic heterocycles. The van der Waals surface area contributed by atoms with Gasteiger partial charge in [-0.15, -0.1) is 0 Å². The molecule has 3 aliphatic rings. The second-order valence-corrected chi connectivity index (χ2v) is 11.5. The molecule has 0 saturated carbocycles. The highest BCUT2D eigenvalue weighted by Crippen LogP contribution is 2.39. The Morgan fingerprint density at radius 3 is 2.64 bits per heavy atom. The van der Waals surface area contributed by atoms with E-state index >= 15 is 0 Å². The highest BCUT2D eigenvalue weighted by Gasteiger charge is 2.33. The van der Waals surface area contributed by atoms with Gasteiger partial charge in [0.2, 0.25) is 0 Å². The first kappa shape index (κ1) is 28.8. The molecular formula is C31H35ClFN5O4. The molecule has 2 saturated heterocycles. The summed E-state index contributed by atoms with van der Waals surface area (Å²) in [6, 6.07) is 12.5. The molecule has 0 aliphatic carbocycles. The van der Waals surface area contributed by atoms with Crippen LogP contribution in [0.4, 0.5) is 10.2 Å². The number of piperazine rings is 1. The molecule has 0 radical (unpaired) electrons. The molecule has 3 aromatic rings. The predicted octanol–water partition coefficient (Wildman–Crippen LogP) is 4.33. The van der Waals surface area contributed by atoms with E-state index < -0.39 is 11.7 Å². The van der Waals surface area contributed by atoms with Crippen LogP contribution < -0.4 is 9.64 Å². The maximum absolute atomic E-state index is 13.5. The van der Waals surface area contributed by atoms with E-state index in [0.717, 1.165) is 46.4 Å². The topological polar surface area (TPSA) is 80.3 Å². The number of anilines is 1. The number of aromatic nitrogens is 2. The van der Waals surface area contributed by atoms with E-state index in [9.17, 15) is 9.18 Å². The van der Waals surface area contributed by atoms with Crippen molar-refractivity contribution >= 4 is 34.1 Å². The number of ether oxygens (including phenoxy) is 3. The second kappa shape index (κ2) is 12.1. The number of hydrogen-bond acceptors (Lipinski definition) is 8. The van der Waals surface area contributed by atoms with Gasteiger partial charge in [0, 0.05) is 68.3 Å². The monoisotopic (exact) mass is 595 g/mol. The molecular weight excluding hydrogens is 561 g/mol. The first-order chi connectivity index (χ1) is 20.3. The number of benzene rings is 2. The van der Waals surface area contributed by atoms with Crippen molar-refractivity contribution in [3.05, 3.63) is 70.6 Å². The van der Waals surface area contributed by atoms with Crippen LogP contribution >= 0.6 is 11.6 Å². The first-order valence-electron chi connectivity index (χ1n) is 14.3. The molecule has 11 heteroatoms. The minimum atomic E-state index is -0.945. The van der Waals surface area contributed by atoms with Crippen LogP contribution in [0.15, 0.2) is 48.8 Å². The Morgan fingerprint density at radius 1 is 1.17 bits per heavy atom. The van der Waals surface area contributed by atoms with Crippen LogP contribution in [0.1, 0.15) is 29.3 Å². The van der Waals surface area contributed by atoms with Crippen LogP contribution in [0.3, 0.4) is 0 Å². The molecule has 9 nitrogen and oxygen atoms in total. The Morgan fingerprint density at radius 2 is 1.93 bits per heavy atom. The molecule has 0 spiro atoms. The highest BCUT2D eigenvalue weighted by atomic mass is 35.5. The average Bonchev–Trinajstić information content (AvgIpc) is 3.38. The summed E-state index contributed by atoms with van der Waals surface area (Å²) in [5, 5.41) is 2.72. The number of methoxy groups -OCH3 is 1. The van der Waals surface area contributed by atoms with Crippen molar-refractivity contribution in [1.82, 2.24) is 19.8 Å². The molecule has 222 valence electrons. The number of rotatable bonds is 7. The minimum absolute atomic E-state index is 0.174. The molecule has 0 bridgehead atoms. The van der Waals surface area contributed by atoms with E-state index in [-0.39, 0.29) is 18.2 Å². The number of halogens is 2. The maximum Gasteiger partial charge on any atom is 0.318 e. The van der Waals surface area contributed by atoms with E-state index in [1.807, 2.05) is 30.3 Å². The van der Waals surface area contributed by atoms with Gasteiger partial charge in [-0.05, 0) is 30.5 Å². The maximum atomic E-state index is 13.5. The van der Waals surface area contributed by atoms with Crippen LogP contribution in [0.2, 0.25) is 5.02 Å². The van der Waals surface area contributed by atoms with Gasteiger partial charge in [0.25, 0.3) is 5.91 Å². The van der Waals surface area contributed by atoms with Crippen molar-refractivity contribution in [3.8, 4) is 6.01 Å². The molecule has 6 rings (SSSR count). The fourth-order valence-corrected chi connectivity index (χ4v) is 6.50. The van der Waals surface area contributed by atoms with Crippen LogP contribution in [0, 0.1) is 0 Å². The summed E-state index contributed by atoms with van der Waals surface area (Å²) in [4.78, 5) is 27.7. The van der Waals surface area contributed by atoms with Crippen LogP contribution in [-0.4, -0.2) is 91.3 Å². The molecule has 1 unspecified atom stereocenters. The van der Waals surface area contributed by atoms with Gasteiger partial charge in [-0.2, -0.15) is 9.97 Å². The number of hydrogen-bond donors (Lipinski definition) is 0. The smallest absolute Gasteiger partial charge is 0.318 e. The molecule has 0 N–H and O–H groups in total. The van der Waals surface area contributed by atoms with Crippen LogP contribution in [-0.2, 0) is 27.3 Å². The number of carbonyl (C=O) groups is 1. The summed E-state index contributed by atoms with van der Waals surface area (Å²) in [5.74, 6) is -0.886. The van der Waals surface area contributed by atoms with E-state index in [2.05, 4.69) is 29.5 Å². The Labute approximate surface area is 249 Å². The molecule has 1 amide bonds. The third-order valence-electron chi connectivity index (χ3n) is 8.58. The Hall–Kier alpha value is -3.31. The number of carbonyl (C=O) groups excluding carboxylic acids is 1. The highest BCUT2D eigenvalue weighted by molar-refractivity contribution is 6.35. The zero-order chi connectivity index (χ0) is 29.4. The number of likely N-dealkylation sites (tertiary alicyclic amines) is 1. The number of nitrogens with zero attached hydrogens (tertiary/aromatic N) is 5. The zero-order valence-electron chi connectivity index (χ0n) is 23.9. The number of amides is 1. The van der Waals surface area contributed by atoms with E-state index in [4.69, 9.17) is 35.8 Å². The molecule has 2 aromatic carbocycles. The summed E-state index contributed by atoms with van der Waals surface area (Å²) < 4.78 is 31.7. The van der Waals surface area contributed by atoms with E-state index in [0.29, 0.717) is 56.8 Å². The zero-order valence-corrected chi connectivity index (χ0v) is 24.6. The van der Waals surface area contributed by atoms with Gasteiger partial charge in [-0.25, -0.2) is 4.39 Å². The van der Waals surface area contributed by atoms with E-state index in [1.165, 1.54) is 4.90 Å². The molecule has 4 heterocycles. The number of likely N-dealkylation sites (N-methyl/N-ethyl adjacent to an activating group) is 1. The molecule has 3 aliphatic heterocycles. The third kappa shape index (κ3) is 5.68. The summed E-state index contributed by atoms with van der Waals surface area (Å²) >= 11 is 6.65. The van der Waals surface area contributed by atoms with Crippen molar-refractivity contribution in [2.45, 2.75) is 37.7 Å². The SMILES string of the molecule is C=C(F)C(=O)N1CCN(c2nc(OC[C@H]3C[C@@H](OC)CN3C)nc3c2COC(c2cccc4cccc(Cl)c24)C3)CC1. The summed E-state index contributed by atoms with van der Waals surface area (Å²) in [7, 11) is 3.80. The second-order valence-electron chi connectivity index (χ2n) is 11.1. The van der Waals surface area contributed by atoms with Crippen molar-refractivity contribution in [3.63, 3.8) is 0 Å². The van der Waals surface area contributed by atoms with Crippen molar-refractivity contribution < 1.29 is 23.4 Å². The minimum Gasteiger partial charge on any atom is -0.462 e. The van der Waals surface area contributed by atoms with Crippen molar-refractivity contribution in [2.75, 3.05) is 58.4 Å². The Kier molecular flexibility index (Phi) is 8.31. The van der Waals surface area contributed by atoms with E-state index in [1.54, 1.807) is 7.11 Å². The lowest BCUT2D eigenvalue weighted by atomic mass is 9.94. The van der Waals surface area contributed by atoms with Gasteiger partial charge in [-0.3, -0.25) is 9.69 Å². The standard InChI is InChI=1S/C31H35ClFN5O4/c1-19(33)30(39)38-12-10-37(11-13-38)29-24-18-41-27(23-8-4-6-20-7-5-9-25(32)28(20)23)15-26(24)34-31(35-29)42-17-21-14-22(40-3)16-36(21)2/h4-9,21-22,27H,1,10-18H2,2-3H3/t21-,22-,27?/m1/s1. The largest absolute Gasteiger partial charge is 0.462 e. The average molecular weight is 596 g/mol. The molecule has 2 fully saturated rings. The molecule has 3 atom stereocenters. The lowest BCUT2D eigenvalue weighted by molar-refractivity contribution is -0.128. The Bertz CT molecular complexity index is 1490. The van der Waals surface area contributed by atoms with Crippen molar-refractivity contribution in [1.29, 1.82) is 0 Å². The molecule has 42 heavy (non-hydrogen) atoms.